The van der Waals surface area contributed by atoms with E-state index in [1.54, 1.807) is 4.68 Å². The number of likely N-dealkylation sites (N-methyl/N-ethyl adjacent to an activating group) is 1. The van der Waals surface area contributed by atoms with Gasteiger partial charge in [-0.3, -0.25) is 4.68 Å². The third-order valence-corrected chi connectivity index (χ3v) is 4.32. The van der Waals surface area contributed by atoms with Gasteiger partial charge in [-0.05, 0) is 52.9 Å². The van der Waals surface area contributed by atoms with E-state index in [4.69, 9.17) is 0 Å². The summed E-state index contributed by atoms with van der Waals surface area (Å²) in [7, 11) is 1.89. The quantitative estimate of drug-likeness (QED) is 0.735. The Kier molecular flexibility index (Phi) is 5.35. The van der Waals surface area contributed by atoms with Gasteiger partial charge in [0.05, 0.1) is 5.69 Å². The number of aryl methyl sites for hydroxylation is 1. The van der Waals surface area contributed by atoms with Crippen molar-refractivity contribution in [2.75, 3.05) is 6.54 Å². The molecule has 1 aromatic heterocycles. The van der Waals surface area contributed by atoms with Gasteiger partial charge in [0.1, 0.15) is 0 Å². The number of nitrogens with one attached hydrogen (secondary N) is 1. The molecule has 0 bridgehead atoms. The molecule has 0 fully saturated rings. The average Bonchev–Trinajstić information content (AvgIpc) is 2.77. The molecule has 0 saturated carbocycles. The van der Waals surface area contributed by atoms with Crippen LogP contribution in [0.2, 0.25) is 0 Å². The Labute approximate surface area is 135 Å². The van der Waals surface area contributed by atoms with Gasteiger partial charge in [0.15, 0.2) is 0 Å². The van der Waals surface area contributed by atoms with Gasteiger partial charge in [-0.1, -0.05) is 28.1 Å². The highest BCUT2D eigenvalue weighted by atomic mass is 127. The van der Waals surface area contributed by atoms with Crippen molar-refractivity contribution in [1.82, 2.24) is 20.3 Å². The summed E-state index contributed by atoms with van der Waals surface area (Å²) < 4.78 is 4.10. The van der Waals surface area contributed by atoms with E-state index in [2.05, 4.69) is 79.3 Å². The number of hydrogen-bond donors (Lipinski definition) is 1. The Balaban J connectivity index is 2.26. The predicted octanol–water partition coefficient (Wildman–Crippen LogP) is 3.08. The van der Waals surface area contributed by atoms with Crippen LogP contribution in [0.3, 0.4) is 0 Å². The highest BCUT2D eigenvalue weighted by Gasteiger charge is 2.16. The molecular formula is C13H16BrIN4. The Morgan fingerprint density at radius 2 is 2.26 bits per heavy atom. The third-order valence-electron chi connectivity index (χ3n) is 2.85. The molecule has 1 atom stereocenters. The summed E-state index contributed by atoms with van der Waals surface area (Å²) in [6.45, 7) is 3.04. The van der Waals surface area contributed by atoms with Crippen molar-refractivity contribution in [3.8, 4) is 0 Å². The third kappa shape index (κ3) is 4.00. The van der Waals surface area contributed by atoms with Crippen molar-refractivity contribution in [2.45, 2.75) is 19.4 Å². The lowest BCUT2D eigenvalue weighted by Crippen LogP contribution is -2.24. The summed E-state index contributed by atoms with van der Waals surface area (Å²) in [5, 5.41) is 11.7. The van der Waals surface area contributed by atoms with Crippen LogP contribution < -0.4 is 5.32 Å². The summed E-state index contributed by atoms with van der Waals surface area (Å²) in [4.78, 5) is 0. The smallest absolute Gasteiger partial charge is 0.0845 e. The fourth-order valence-electron chi connectivity index (χ4n) is 2.02. The molecule has 1 heterocycles. The first-order valence-electron chi connectivity index (χ1n) is 6.13. The molecule has 0 amide bonds. The van der Waals surface area contributed by atoms with Crippen LogP contribution in [-0.2, 0) is 13.5 Å². The van der Waals surface area contributed by atoms with Crippen LogP contribution in [-0.4, -0.2) is 21.5 Å². The maximum Gasteiger partial charge on any atom is 0.0845 e. The fourth-order valence-corrected chi connectivity index (χ4v) is 3.11. The number of aromatic nitrogens is 3. The van der Waals surface area contributed by atoms with Crippen molar-refractivity contribution in [1.29, 1.82) is 0 Å². The molecule has 102 valence electrons. The molecule has 0 aliphatic heterocycles. The van der Waals surface area contributed by atoms with Gasteiger partial charge >= 0.3 is 0 Å². The van der Waals surface area contributed by atoms with Gasteiger partial charge in [0.25, 0.3) is 0 Å². The van der Waals surface area contributed by atoms with Gasteiger partial charge in [-0.15, -0.1) is 5.10 Å². The molecule has 1 aromatic carbocycles. The molecule has 0 aliphatic rings. The summed E-state index contributed by atoms with van der Waals surface area (Å²) in [6, 6.07) is 6.62. The first-order valence-corrected chi connectivity index (χ1v) is 8.01. The van der Waals surface area contributed by atoms with Crippen molar-refractivity contribution < 1.29 is 0 Å². The molecule has 1 unspecified atom stereocenters. The van der Waals surface area contributed by atoms with Crippen LogP contribution in [0.15, 0.2) is 28.9 Å². The summed E-state index contributed by atoms with van der Waals surface area (Å²) in [5.41, 5.74) is 2.30. The van der Waals surface area contributed by atoms with Crippen molar-refractivity contribution in [2.24, 2.45) is 7.05 Å². The summed E-state index contributed by atoms with van der Waals surface area (Å²) >= 11 is 5.92. The molecule has 1 N–H and O–H groups in total. The summed E-state index contributed by atoms with van der Waals surface area (Å²) in [6.07, 6.45) is 2.81. The molecular weight excluding hydrogens is 419 g/mol. The number of halogens is 2. The molecule has 2 rings (SSSR count). The normalized spacial score (nSPS) is 12.6. The Morgan fingerprint density at radius 1 is 1.47 bits per heavy atom. The highest BCUT2D eigenvalue weighted by Crippen LogP contribution is 2.26. The van der Waals surface area contributed by atoms with Gasteiger partial charge in [0, 0.05) is 33.8 Å². The van der Waals surface area contributed by atoms with E-state index in [9.17, 15) is 0 Å². The minimum atomic E-state index is 0.256. The number of rotatable bonds is 5. The Morgan fingerprint density at radius 3 is 2.89 bits per heavy atom. The molecule has 0 radical (unpaired) electrons. The van der Waals surface area contributed by atoms with Gasteiger partial charge in [0.2, 0.25) is 0 Å². The molecule has 4 nitrogen and oxygen atoms in total. The monoisotopic (exact) mass is 434 g/mol. The van der Waals surface area contributed by atoms with E-state index >= 15 is 0 Å². The minimum absolute atomic E-state index is 0.256. The van der Waals surface area contributed by atoms with E-state index in [1.165, 1.54) is 9.13 Å². The SMILES string of the molecule is CCNC(Cc1cn(C)nn1)c1cc(Br)ccc1I. The van der Waals surface area contributed by atoms with Gasteiger partial charge in [-0.2, -0.15) is 0 Å². The maximum atomic E-state index is 4.17. The first-order chi connectivity index (χ1) is 9.10. The zero-order valence-electron chi connectivity index (χ0n) is 10.9. The molecule has 6 heteroatoms. The molecule has 0 saturated heterocycles. The van der Waals surface area contributed by atoms with E-state index in [-0.39, 0.29) is 6.04 Å². The van der Waals surface area contributed by atoms with Crippen LogP contribution in [0.25, 0.3) is 0 Å². The second-order valence-electron chi connectivity index (χ2n) is 4.36. The lowest BCUT2D eigenvalue weighted by molar-refractivity contribution is 0.541. The largest absolute Gasteiger partial charge is 0.310 e. The second-order valence-corrected chi connectivity index (χ2v) is 6.44. The van der Waals surface area contributed by atoms with Crippen LogP contribution in [0.1, 0.15) is 24.2 Å². The van der Waals surface area contributed by atoms with Crippen LogP contribution >= 0.6 is 38.5 Å². The second kappa shape index (κ2) is 6.81. The molecule has 0 aliphatic carbocycles. The lowest BCUT2D eigenvalue weighted by atomic mass is 10.0. The standard InChI is InChI=1S/C13H16BrIN4/c1-3-16-13(7-10-8-19(2)18-17-10)11-6-9(14)4-5-12(11)15/h4-6,8,13,16H,3,7H2,1-2H3. The number of hydrogen-bond acceptors (Lipinski definition) is 3. The van der Waals surface area contributed by atoms with Crippen LogP contribution in [0, 0.1) is 3.57 Å². The Hall–Kier alpha value is -0.470. The van der Waals surface area contributed by atoms with E-state index in [0.29, 0.717) is 0 Å². The fraction of sp³-hybridized carbons (Fsp3) is 0.385. The predicted molar refractivity (Wildman–Crippen MR) is 88.0 cm³/mol. The van der Waals surface area contributed by atoms with E-state index < -0.39 is 0 Å². The topological polar surface area (TPSA) is 42.7 Å². The van der Waals surface area contributed by atoms with Crippen molar-refractivity contribution >= 4 is 38.5 Å². The lowest BCUT2D eigenvalue weighted by Gasteiger charge is -2.19. The average molecular weight is 435 g/mol. The molecule has 2 aromatic rings. The van der Waals surface area contributed by atoms with Crippen molar-refractivity contribution in [3.05, 3.63) is 43.7 Å². The van der Waals surface area contributed by atoms with Gasteiger partial charge in [-0.25, -0.2) is 0 Å². The van der Waals surface area contributed by atoms with Crippen molar-refractivity contribution in [3.63, 3.8) is 0 Å². The van der Waals surface area contributed by atoms with E-state index in [0.717, 1.165) is 23.1 Å². The number of benzene rings is 1. The number of nitrogens with zero attached hydrogens (tertiary/aromatic N) is 3. The van der Waals surface area contributed by atoms with Crippen LogP contribution in [0.5, 0.6) is 0 Å². The highest BCUT2D eigenvalue weighted by molar-refractivity contribution is 14.1. The zero-order valence-corrected chi connectivity index (χ0v) is 14.6. The minimum Gasteiger partial charge on any atom is -0.310 e. The molecule has 0 spiro atoms. The molecule has 19 heavy (non-hydrogen) atoms. The van der Waals surface area contributed by atoms with Gasteiger partial charge < -0.3 is 5.32 Å². The summed E-state index contributed by atoms with van der Waals surface area (Å²) in [5.74, 6) is 0. The van der Waals surface area contributed by atoms with E-state index in [1.807, 2.05) is 13.2 Å². The zero-order chi connectivity index (χ0) is 13.8. The Bertz CT molecular complexity index is 555. The first kappa shape index (κ1) is 14.9. The maximum absolute atomic E-state index is 4.17. The van der Waals surface area contributed by atoms with Crippen LogP contribution in [0.4, 0.5) is 0 Å².